The van der Waals surface area contributed by atoms with Crippen LogP contribution >= 0.6 is 0 Å². The van der Waals surface area contributed by atoms with Crippen LogP contribution in [0.5, 0.6) is 0 Å². The summed E-state index contributed by atoms with van der Waals surface area (Å²) >= 11 is 0. The lowest BCUT2D eigenvalue weighted by molar-refractivity contribution is -0.685. The fraction of sp³-hybridized carbons (Fsp3) is 0.176. The number of nitrogens with zero attached hydrogens (tertiary/aromatic N) is 2. The van der Waals surface area contributed by atoms with Crippen molar-refractivity contribution < 1.29 is 120 Å². The summed E-state index contributed by atoms with van der Waals surface area (Å²) in [4.78, 5) is 29.0. The van der Waals surface area contributed by atoms with Crippen LogP contribution in [0.3, 0.4) is 0 Å². The molecule has 0 aliphatic heterocycles. The molecule has 0 amide bonds. The zero-order valence-electron chi connectivity index (χ0n) is 39.0. The van der Waals surface area contributed by atoms with Gasteiger partial charge in [0.25, 0.3) is 11.5 Å². The zero-order chi connectivity index (χ0) is 60.0. The predicted molar refractivity (Wildman–Crippen MR) is 235 cm³/mol. The van der Waals surface area contributed by atoms with E-state index < -0.39 is 195 Å². The third-order valence-corrected chi connectivity index (χ3v) is 12.0. The lowest BCUT2D eigenvalue weighted by Gasteiger charge is -2.46. The molecule has 80 heavy (non-hydrogen) atoms. The molecule has 0 spiro atoms. The average Bonchev–Trinajstić information content (AvgIpc) is 3.35. The first-order chi connectivity index (χ1) is 36.5. The van der Waals surface area contributed by atoms with Crippen LogP contribution in [-0.4, -0.2) is 22.7 Å². The van der Waals surface area contributed by atoms with Gasteiger partial charge in [0.05, 0.1) is 50.7 Å². The maximum absolute atomic E-state index is 14.2. The Morgan fingerprint density at radius 3 is 0.863 bits per heavy atom. The number of halogens is 24. The minimum absolute atomic E-state index is 0.0519. The molecule has 0 N–H and O–H groups in total. The van der Waals surface area contributed by atoms with Crippen molar-refractivity contribution in [2.24, 2.45) is 0 Å². The van der Waals surface area contributed by atoms with Crippen LogP contribution in [0.1, 0.15) is 70.9 Å². The molecule has 0 aliphatic rings. The van der Waals surface area contributed by atoms with Crippen molar-refractivity contribution in [3.05, 3.63) is 213 Å². The van der Waals surface area contributed by atoms with Gasteiger partial charge in [0.1, 0.15) is 12.3 Å². The van der Waals surface area contributed by atoms with Crippen molar-refractivity contribution >= 4 is 39.6 Å². The van der Waals surface area contributed by atoms with E-state index >= 15 is 0 Å². The highest BCUT2D eigenvalue weighted by atomic mass is 19.4. The Hall–Kier alpha value is -7.88. The Morgan fingerprint density at radius 1 is 0.362 bits per heavy atom. The first-order valence-electron chi connectivity index (χ1n) is 21.9. The number of benzene rings is 6. The van der Waals surface area contributed by atoms with Crippen molar-refractivity contribution in [1.82, 2.24) is 4.98 Å². The van der Waals surface area contributed by atoms with E-state index in [0.29, 0.717) is 16.8 Å². The molecule has 29 heteroatoms. The summed E-state index contributed by atoms with van der Waals surface area (Å²) in [5.74, 6) is -0.205. The summed E-state index contributed by atoms with van der Waals surface area (Å²) in [6, 6.07) is 9.19. The Morgan fingerprint density at radius 2 is 0.613 bits per heavy atom. The van der Waals surface area contributed by atoms with Gasteiger partial charge in [0.2, 0.25) is 12.3 Å². The molecule has 0 atom stereocenters. The molecule has 1 heterocycles. The molecule has 0 unspecified atom stereocenters. The highest BCUT2D eigenvalue weighted by Gasteiger charge is 2.47. The normalized spacial score (nSPS) is 13.2. The Labute approximate surface area is 432 Å². The minimum Gasteiger partial charge on any atom is -0.287 e. The SMILES string of the molecule is FC(F)(F)c1cc([B-](c2cc(C(F)(F)F)cc(C(F)(F)F)c2)(c2cc(C(F)(F)F)cc(C(F)(F)F)c2)c2cc(C(F)(F)F)cc(C(F)(F)F)c2)cc(C(F)(F)F)c1.O=C(C[n+]1ccncc1C(=O)c1ccccc1)c1ccccc1. The van der Waals surface area contributed by atoms with Gasteiger partial charge in [-0.1, -0.05) is 109 Å². The van der Waals surface area contributed by atoms with Crippen molar-refractivity contribution in [2.75, 3.05) is 0 Å². The molecule has 0 fully saturated rings. The highest BCUT2D eigenvalue weighted by Crippen LogP contribution is 2.41. The number of carbonyl (C=O) groups excluding carboxylic acids is 2. The van der Waals surface area contributed by atoms with Gasteiger partial charge >= 0.3 is 49.4 Å². The van der Waals surface area contributed by atoms with E-state index in [4.69, 9.17) is 0 Å². The molecule has 6 aromatic carbocycles. The van der Waals surface area contributed by atoms with E-state index in [-0.39, 0.29) is 18.1 Å². The molecule has 4 nitrogen and oxygen atoms in total. The van der Waals surface area contributed by atoms with E-state index in [9.17, 15) is 115 Å². The molecule has 7 aromatic rings. The predicted octanol–water partition coefficient (Wildman–Crippen LogP) is 13.7. The molecule has 1 aromatic heterocycles. The van der Waals surface area contributed by atoms with Crippen LogP contribution in [0, 0.1) is 0 Å². The van der Waals surface area contributed by atoms with Crippen molar-refractivity contribution in [3.8, 4) is 0 Å². The molecule has 0 radical (unpaired) electrons. The lowest BCUT2D eigenvalue weighted by atomic mass is 9.12. The molecular formula is C51H27BF24N2O2. The summed E-state index contributed by atoms with van der Waals surface area (Å²) in [6.07, 6.45) is -50.1. The molecular weight excluding hydrogens is 1140 g/mol. The first kappa shape index (κ1) is 61.3. The summed E-state index contributed by atoms with van der Waals surface area (Å²) < 4.78 is 342. The number of alkyl halides is 24. The van der Waals surface area contributed by atoms with Crippen LogP contribution in [0.4, 0.5) is 105 Å². The van der Waals surface area contributed by atoms with Gasteiger partial charge in [-0.05, 0) is 24.3 Å². The van der Waals surface area contributed by atoms with Crippen molar-refractivity contribution in [2.45, 2.75) is 56.0 Å². The van der Waals surface area contributed by atoms with E-state index in [1.165, 1.54) is 6.20 Å². The van der Waals surface area contributed by atoms with Crippen LogP contribution in [0.2, 0.25) is 0 Å². The maximum atomic E-state index is 14.2. The average molecular weight is 1170 g/mol. The van der Waals surface area contributed by atoms with Crippen LogP contribution in [-0.2, 0) is 56.0 Å². The van der Waals surface area contributed by atoms with Crippen LogP contribution in [0.15, 0.2) is 152 Å². The number of hydrogen-bond donors (Lipinski definition) is 0. The smallest absolute Gasteiger partial charge is 0.287 e. The lowest BCUT2D eigenvalue weighted by Crippen LogP contribution is -2.75. The van der Waals surface area contributed by atoms with Crippen molar-refractivity contribution in [3.63, 3.8) is 0 Å². The number of ketones is 2. The third-order valence-electron chi connectivity index (χ3n) is 12.0. The topological polar surface area (TPSA) is 50.9 Å². The van der Waals surface area contributed by atoms with Gasteiger partial charge in [0, 0.05) is 11.1 Å². The second kappa shape index (κ2) is 21.6. The fourth-order valence-electron chi connectivity index (χ4n) is 8.39. The first-order valence-corrected chi connectivity index (χ1v) is 21.9. The van der Waals surface area contributed by atoms with E-state index in [2.05, 4.69) is 4.98 Å². The van der Waals surface area contributed by atoms with Gasteiger partial charge in [-0.15, -0.1) is 0 Å². The number of carbonyl (C=O) groups is 2. The molecule has 0 aliphatic carbocycles. The summed E-state index contributed by atoms with van der Waals surface area (Å²) in [5, 5.41) is 0. The highest BCUT2D eigenvalue weighted by molar-refractivity contribution is 7.20. The monoisotopic (exact) mass is 1170 g/mol. The van der Waals surface area contributed by atoms with Gasteiger partial charge in [-0.25, -0.2) is 0 Å². The quantitative estimate of drug-likeness (QED) is 0.0626. The van der Waals surface area contributed by atoms with Gasteiger partial charge in [0.15, 0.2) is 6.20 Å². The standard InChI is InChI=1S/C32H12BF24.C19H15N2O2/c34-25(35,36)13-1-14(26(37,38)39)6-21(5-13)33(22-7-15(27(40,41)42)2-16(8-22)28(43,44)45,23-9-17(29(46,47)48)3-18(10-23)30(49,50)51)24-11-19(31(52,53)54)4-20(12-24)32(55,56)57;22-18(15-7-3-1-4-8-15)14-21-12-11-20-13-17(21)19(23)16-9-5-2-6-10-16/h1-12H;1-13H,14H2/q-1;+1. The third kappa shape index (κ3) is 13.9. The summed E-state index contributed by atoms with van der Waals surface area (Å²) in [5.41, 5.74) is -28.6. The second-order valence-electron chi connectivity index (χ2n) is 17.3. The Bertz CT molecular complexity index is 2960. The summed E-state index contributed by atoms with van der Waals surface area (Å²) in [7, 11) is 0. The number of hydrogen-bond acceptors (Lipinski definition) is 3. The molecule has 7 rings (SSSR count). The number of Topliss-reactive ketones (excluding diaryl/α,β-unsaturated/α-hetero) is 1. The Kier molecular flexibility index (Phi) is 16.6. The zero-order valence-corrected chi connectivity index (χ0v) is 39.0. The molecule has 0 saturated carbocycles. The fourth-order valence-corrected chi connectivity index (χ4v) is 8.39. The Balaban J connectivity index is 0.000000370. The van der Waals surface area contributed by atoms with Gasteiger partial charge < -0.3 is 0 Å². The molecule has 0 bridgehead atoms. The van der Waals surface area contributed by atoms with Crippen LogP contribution < -0.4 is 26.4 Å². The van der Waals surface area contributed by atoms with Gasteiger partial charge in [-0.2, -0.15) is 132 Å². The van der Waals surface area contributed by atoms with Gasteiger partial charge in [-0.3, -0.25) is 14.6 Å². The summed E-state index contributed by atoms with van der Waals surface area (Å²) in [6.45, 7) is 0.0977. The minimum atomic E-state index is -6.13. The number of aromatic nitrogens is 2. The van der Waals surface area contributed by atoms with E-state index in [1.807, 2.05) is 36.4 Å². The van der Waals surface area contributed by atoms with Crippen LogP contribution in [0.25, 0.3) is 0 Å². The largest absolute Gasteiger partial charge is 0.416 e. The molecule has 424 valence electrons. The number of rotatable bonds is 9. The van der Waals surface area contributed by atoms with E-state index in [1.54, 1.807) is 41.2 Å². The van der Waals surface area contributed by atoms with Crippen molar-refractivity contribution in [1.29, 1.82) is 0 Å². The second-order valence-corrected chi connectivity index (χ2v) is 17.3. The molecule has 0 saturated heterocycles. The maximum Gasteiger partial charge on any atom is 0.416 e. The van der Waals surface area contributed by atoms with E-state index in [0.717, 1.165) is 0 Å².